The van der Waals surface area contributed by atoms with E-state index in [1.54, 1.807) is 0 Å². The normalized spacial score (nSPS) is 10.0. The summed E-state index contributed by atoms with van der Waals surface area (Å²) in [4.78, 5) is 45.8. The molecule has 19 heavy (non-hydrogen) atoms. The Balaban J connectivity index is 5.13. The first-order valence-electron chi connectivity index (χ1n) is 5.24. The summed E-state index contributed by atoms with van der Waals surface area (Å²) in [6, 6.07) is 0. The van der Waals surface area contributed by atoms with E-state index in [2.05, 4.69) is 18.9 Å². The van der Waals surface area contributed by atoms with Crippen LogP contribution >= 0.6 is 0 Å². The van der Waals surface area contributed by atoms with Gasteiger partial charge in [0.05, 0.1) is 28.4 Å². The quantitative estimate of drug-likeness (QED) is 0.271. The number of hydrogen-bond acceptors (Lipinski definition) is 8. The fourth-order valence-electron chi connectivity index (χ4n) is 1.38. The Morgan fingerprint density at radius 3 is 1.00 bits per heavy atom. The molecule has 0 aliphatic carbocycles. The number of ether oxygens (including phenoxy) is 4. The van der Waals surface area contributed by atoms with Crippen LogP contribution in [0, 0.1) is 11.8 Å². The standard InChI is InChI=1S/C11H16O8/c1-16-8(12)6(9(13)17-2)5-7(10(14)18-3)11(15)19-4/h6-7H,5H2,1-4H3/i5+1. The fraction of sp³-hybridized carbons (Fsp3) is 0.636. The van der Waals surface area contributed by atoms with E-state index in [4.69, 9.17) is 0 Å². The molecular formula is C11H16O8. The van der Waals surface area contributed by atoms with E-state index in [9.17, 15) is 19.2 Å². The third-order valence-electron chi connectivity index (χ3n) is 2.41. The third kappa shape index (κ3) is 4.57. The zero-order valence-electron chi connectivity index (χ0n) is 11.1. The highest BCUT2D eigenvalue weighted by Gasteiger charge is 2.38. The molecule has 0 aromatic rings. The molecule has 0 heterocycles. The third-order valence-corrected chi connectivity index (χ3v) is 2.41. The van der Waals surface area contributed by atoms with Crippen molar-refractivity contribution in [3.63, 3.8) is 0 Å². The van der Waals surface area contributed by atoms with Gasteiger partial charge in [0, 0.05) is 0 Å². The Morgan fingerprint density at radius 1 is 0.632 bits per heavy atom. The van der Waals surface area contributed by atoms with Crippen LogP contribution in [0.25, 0.3) is 0 Å². The second kappa shape index (κ2) is 8.06. The minimum Gasteiger partial charge on any atom is -0.468 e. The molecule has 0 spiro atoms. The predicted molar refractivity (Wildman–Crippen MR) is 59.7 cm³/mol. The number of methoxy groups -OCH3 is 4. The van der Waals surface area contributed by atoms with Gasteiger partial charge < -0.3 is 18.9 Å². The zero-order chi connectivity index (χ0) is 15.0. The van der Waals surface area contributed by atoms with Crippen LogP contribution in [0.1, 0.15) is 6.42 Å². The van der Waals surface area contributed by atoms with Crippen molar-refractivity contribution in [3.8, 4) is 0 Å². The molecule has 108 valence electrons. The lowest BCUT2D eigenvalue weighted by molar-refractivity contribution is -0.164. The summed E-state index contributed by atoms with van der Waals surface area (Å²) >= 11 is 0. The lowest BCUT2D eigenvalue weighted by atomic mass is 10.1. The van der Waals surface area contributed by atoms with Gasteiger partial charge in [0.1, 0.15) is 0 Å². The Morgan fingerprint density at radius 2 is 0.842 bits per heavy atom. The lowest BCUT2D eigenvalue weighted by Gasteiger charge is -2.17. The van der Waals surface area contributed by atoms with Crippen LogP contribution in [-0.4, -0.2) is 52.3 Å². The molecule has 0 saturated carbocycles. The highest BCUT2D eigenvalue weighted by molar-refractivity contribution is 5.99. The molecule has 0 radical (unpaired) electrons. The smallest absolute Gasteiger partial charge is 0.320 e. The van der Waals surface area contributed by atoms with Gasteiger partial charge in [0.15, 0.2) is 11.8 Å². The van der Waals surface area contributed by atoms with Crippen molar-refractivity contribution < 1.29 is 38.1 Å². The molecule has 0 aromatic carbocycles. The fourth-order valence-corrected chi connectivity index (χ4v) is 1.38. The van der Waals surface area contributed by atoms with Crippen molar-refractivity contribution in [1.29, 1.82) is 0 Å². The molecule has 0 atom stereocenters. The first-order valence-corrected chi connectivity index (χ1v) is 5.24. The largest absolute Gasteiger partial charge is 0.468 e. The summed E-state index contributed by atoms with van der Waals surface area (Å²) in [6.45, 7) is 0. The molecule has 0 unspecified atom stereocenters. The number of hydrogen-bond donors (Lipinski definition) is 0. The lowest BCUT2D eigenvalue weighted by Crippen LogP contribution is -2.35. The number of carbonyl (C=O) groups excluding carboxylic acids is 4. The molecular weight excluding hydrogens is 261 g/mol. The Labute approximate surface area is 109 Å². The SMILES string of the molecule is COC(=O)C([13CH2]C(C(=O)OC)C(=O)OC)C(=O)OC. The summed E-state index contributed by atoms with van der Waals surface area (Å²) in [5, 5.41) is 0. The van der Waals surface area contributed by atoms with E-state index < -0.39 is 42.1 Å². The first-order chi connectivity index (χ1) is 8.92. The van der Waals surface area contributed by atoms with Gasteiger partial charge in [-0.3, -0.25) is 19.2 Å². The highest BCUT2D eigenvalue weighted by Crippen LogP contribution is 2.18. The van der Waals surface area contributed by atoms with E-state index in [0.29, 0.717) is 0 Å². The topological polar surface area (TPSA) is 105 Å². The molecule has 0 fully saturated rings. The van der Waals surface area contributed by atoms with Gasteiger partial charge in [0.2, 0.25) is 0 Å². The number of esters is 4. The van der Waals surface area contributed by atoms with Crippen molar-refractivity contribution in [2.75, 3.05) is 28.4 Å². The van der Waals surface area contributed by atoms with Crippen molar-refractivity contribution in [3.05, 3.63) is 0 Å². The highest BCUT2D eigenvalue weighted by atomic mass is 16.6. The van der Waals surface area contributed by atoms with Crippen LogP contribution in [0.4, 0.5) is 0 Å². The summed E-state index contributed by atoms with van der Waals surface area (Å²) in [7, 11) is 4.29. The average Bonchev–Trinajstić information content (AvgIpc) is 2.45. The van der Waals surface area contributed by atoms with Crippen LogP contribution in [0.2, 0.25) is 0 Å². The molecule has 0 aliphatic rings. The summed E-state index contributed by atoms with van der Waals surface area (Å²) < 4.78 is 17.7. The Hall–Kier alpha value is -2.12. The zero-order valence-corrected chi connectivity index (χ0v) is 11.1. The molecule has 0 rings (SSSR count). The van der Waals surface area contributed by atoms with Gasteiger partial charge in [-0.2, -0.15) is 0 Å². The maximum atomic E-state index is 11.4. The second-order valence-electron chi connectivity index (χ2n) is 3.43. The summed E-state index contributed by atoms with van der Waals surface area (Å²) in [6.07, 6.45) is -0.446. The minimum atomic E-state index is -1.40. The molecule has 0 N–H and O–H groups in total. The Kier molecular flexibility index (Phi) is 7.16. The van der Waals surface area contributed by atoms with Crippen molar-refractivity contribution in [2.45, 2.75) is 6.42 Å². The molecule has 8 nitrogen and oxygen atoms in total. The Bertz CT molecular complexity index is 296. The number of carbonyl (C=O) groups is 4. The maximum absolute atomic E-state index is 11.4. The van der Waals surface area contributed by atoms with E-state index >= 15 is 0 Å². The van der Waals surface area contributed by atoms with Crippen molar-refractivity contribution >= 4 is 23.9 Å². The van der Waals surface area contributed by atoms with Crippen LogP contribution in [0.15, 0.2) is 0 Å². The van der Waals surface area contributed by atoms with Gasteiger partial charge in [-0.25, -0.2) is 0 Å². The molecule has 0 amide bonds. The molecule has 8 heteroatoms. The maximum Gasteiger partial charge on any atom is 0.320 e. The van der Waals surface area contributed by atoms with E-state index in [-0.39, 0.29) is 0 Å². The van der Waals surface area contributed by atoms with Crippen molar-refractivity contribution in [1.82, 2.24) is 0 Å². The molecule has 0 saturated heterocycles. The van der Waals surface area contributed by atoms with Gasteiger partial charge in [0.25, 0.3) is 0 Å². The van der Waals surface area contributed by atoms with Gasteiger partial charge in [-0.1, -0.05) is 0 Å². The van der Waals surface area contributed by atoms with E-state index in [1.165, 1.54) is 0 Å². The minimum absolute atomic E-state index is 0.446. The van der Waals surface area contributed by atoms with Gasteiger partial charge in [-0.15, -0.1) is 0 Å². The van der Waals surface area contributed by atoms with E-state index in [1.807, 2.05) is 0 Å². The van der Waals surface area contributed by atoms with Crippen LogP contribution in [0.3, 0.4) is 0 Å². The van der Waals surface area contributed by atoms with Gasteiger partial charge >= 0.3 is 23.9 Å². The second-order valence-corrected chi connectivity index (χ2v) is 3.43. The van der Waals surface area contributed by atoms with Crippen LogP contribution in [0.5, 0.6) is 0 Å². The number of rotatable bonds is 6. The molecule has 0 aromatic heterocycles. The summed E-state index contributed by atoms with van der Waals surface area (Å²) in [5.41, 5.74) is 0. The predicted octanol–water partition coefficient (Wildman–Crippen LogP) is -0.699. The monoisotopic (exact) mass is 277 g/mol. The van der Waals surface area contributed by atoms with Crippen LogP contribution in [-0.2, 0) is 38.1 Å². The first kappa shape index (κ1) is 16.9. The summed E-state index contributed by atoms with van der Waals surface area (Å²) in [5.74, 6) is -6.46. The molecule has 0 bridgehead atoms. The van der Waals surface area contributed by atoms with Gasteiger partial charge in [-0.05, 0) is 6.42 Å². The van der Waals surface area contributed by atoms with E-state index in [0.717, 1.165) is 28.4 Å². The average molecular weight is 277 g/mol. The molecule has 0 aliphatic heterocycles. The van der Waals surface area contributed by atoms with Crippen molar-refractivity contribution in [2.24, 2.45) is 11.8 Å². The van der Waals surface area contributed by atoms with Crippen LogP contribution < -0.4 is 0 Å².